The monoisotopic (exact) mass is 162 g/mol. The standard InChI is InChI=1S/C11H14O/c1-8(2)9(3)10-6-4-5-7-11(10)12/h4-7,9,12H,1H2,2-3H3. The first kappa shape index (κ1) is 8.85. The highest BCUT2D eigenvalue weighted by atomic mass is 16.3. The highest BCUT2D eigenvalue weighted by Gasteiger charge is 2.08. The number of allylic oxidation sites excluding steroid dienone is 1. The Balaban J connectivity index is 3.02. The summed E-state index contributed by atoms with van der Waals surface area (Å²) in [5.41, 5.74) is 2.02. The summed E-state index contributed by atoms with van der Waals surface area (Å²) in [4.78, 5) is 0. The number of phenolic OH excluding ortho intramolecular Hbond substituents is 1. The third-order valence-electron chi connectivity index (χ3n) is 2.14. The predicted molar refractivity (Wildman–Crippen MR) is 51.3 cm³/mol. The van der Waals surface area contributed by atoms with Crippen LogP contribution in [0.15, 0.2) is 36.4 Å². The zero-order valence-electron chi connectivity index (χ0n) is 7.54. The highest BCUT2D eigenvalue weighted by molar-refractivity contribution is 5.38. The Morgan fingerprint density at radius 3 is 2.50 bits per heavy atom. The second-order valence-electron chi connectivity index (χ2n) is 3.13. The number of hydrogen-bond acceptors (Lipinski definition) is 1. The molecule has 1 unspecified atom stereocenters. The molecule has 1 nitrogen and oxygen atoms in total. The molecule has 0 aliphatic heterocycles. The van der Waals surface area contributed by atoms with Crippen LogP contribution >= 0.6 is 0 Å². The summed E-state index contributed by atoms with van der Waals surface area (Å²) in [6, 6.07) is 7.38. The second kappa shape index (κ2) is 3.44. The Labute approximate surface area is 73.4 Å². The summed E-state index contributed by atoms with van der Waals surface area (Å²) < 4.78 is 0. The summed E-state index contributed by atoms with van der Waals surface area (Å²) in [6.07, 6.45) is 0. The van der Waals surface area contributed by atoms with Gasteiger partial charge in [0.25, 0.3) is 0 Å². The molecule has 0 fully saturated rings. The fourth-order valence-corrected chi connectivity index (χ4v) is 1.12. The maximum atomic E-state index is 9.49. The SMILES string of the molecule is C=C(C)C(C)c1ccccc1O. The lowest BCUT2D eigenvalue weighted by atomic mass is 9.94. The Kier molecular flexibility index (Phi) is 2.54. The van der Waals surface area contributed by atoms with Gasteiger partial charge in [0.1, 0.15) is 5.75 Å². The summed E-state index contributed by atoms with van der Waals surface area (Å²) in [7, 11) is 0. The predicted octanol–water partition coefficient (Wildman–Crippen LogP) is 3.07. The molecule has 1 aromatic rings. The molecule has 0 amide bonds. The summed E-state index contributed by atoms with van der Waals surface area (Å²) in [6.45, 7) is 7.87. The summed E-state index contributed by atoms with van der Waals surface area (Å²) >= 11 is 0. The van der Waals surface area contributed by atoms with Crippen LogP contribution in [0.25, 0.3) is 0 Å². The Bertz CT molecular complexity index is 289. The average molecular weight is 162 g/mol. The third kappa shape index (κ3) is 1.67. The lowest BCUT2D eigenvalue weighted by Gasteiger charge is -2.12. The third-order valence-corrected chi connectivity index (χ3v) is 2.14. The number of para-hydroxylation sites is 1. The van der Waals surface area contributed by atoms with E-state index in [0.717, 1.165) is 11.1 Å². The second-order valence-corrected chi connectivity index (χ2v) is 3.13. The summed E-state index contributed by atoms with van der Waals surface area (Å²) in [5, 5.41) is 9.49. The van der Waals surface area contributed by atoms with E-state index in [0.29, 0.717) is 5.75 Å². The number of benzene rings is 1. The molecule has 1 heteroatoms. The van der Waals surface area contributed by atoms with Crippen molar-refractivity contribution in [3.05, 3.63) is 42.0 Å². The van der Waals surface area contributed by atoms with Crippen LogP contribution in [-0.4, -0.2) is 5.11 Å². The van der Waals surface area contributed by atoms with Crippen LogP contribution < -0.4 is 0 Å². The first-order valence-electron chi connectivity index (χ1n) is 4.06. The molecule has 0 heterocycles. The van der Waals surface area contributed by atoms with Gasteiger partial charge in [-0.05, 0) is 13.0 Å². The number of aromatic hydroxyl groups is 1. The zero-order chi connectivity index (χ0) is 9.14. The van der Waals surface area contributed by atoms with Crippen LogP contribution in [0.4, 0.5) is 0 Å². The molecular formula is C11H14O. The first-order chi connectivity index (χ1) is 5.63. The smallest absolute Gasteiger partial charge is 0.119 e. The molecule has 0 aliphatic rings. The molecule has 1 aromatic carbocycles. The molecular weight excluding hydrogens is 148 g/mol. The average Bonchev–Trinajstić information content (AvgIpc) is 2.04. The van der Waals surface area contributed by atoms with Crippen LogP contribution in [0.5, 0.6) is 5.75 Å². The van der Waals surface area contributed by atoms with Gasteiger partial charge in [0.05, 0.1) is 0 Å². The molecule has 0 spiro atoms. The Hall–Kier alpha value is -1.24. The molecule has 0 aliphatic carbocycles. The molecule has 12 heavy (non-hydrogen) atoms. The fraction of sp³-hybridized carbons (Fsp3) is 0.273. The van der Waals surface area contributed by atoms with Gasteiger partial charge in [0.2, 0.25) is 0 Å². The number of phenols is 1. The van der Waals surface area contributed by atoms with Crippen LogP contribution in [0, 0.1) is 0 Å². The maximum absolute atomic E-state index is 9.49. The molecule has 0 saturated carbocycles. The lowest BCUT2D eigenvalue weighted by molar-refractivity contribution is 0.466. The van der Waals surface area contributed by atoms with Crippen LogP contribution in [0.3, 0.4) is 0 Å². The molecule has 1 rings (SSSR count). The highest BCUT2D eigenvalue weighted by Crippen LogP contribution is 2.29. The van der Waals surface area contributed by atoms with Crippen LogP contribution in [0.2, 0.25) is 0 Å². The topological polar surface area (TPSA) is 20.2 Å². The lowest BCUT2D eigenvalue weighted by Crippen LogP contribution is -1.93. The molecule has 0 saturated heterocycles. The quantitative estimate of drug-likeness (QED) is 0.662. The van der Waals surface area contributed by atoms with Gasteiger partial charge in [0, 0.05) is 11.5 Å². The molecule has 0 aromatic heterocycles. The van der Waals surface area contributed by atoms with E-state index in [1.54, 1.807) is 6.07 Å². The van der Waals surface area contributed by atoms with Gasteiger partial charge in [-0.1, -0.05) is 37.3 Å². The summed E-state index contributed by atoms with van der Waals surface area (Å²) in [5.74, 6) is 0.583. The molecule has 0 radical (unpaired) electrons. The number of rotatable bonds is 2. The van der Waals surface area contributed by atoms with Crippen molar-refractivity contribution < 1.29 is 5.11 Å². The number of hydrogen-bond donors (Lipinski definition) is 1. The Morgan fingerprint density at radius 2 is 2.00 bits per heavy atom. The van der Waals surface area contributed by atoms with E-state index in [-0.39, 0.29) is 5.92 Å². The van der Waals surface area contributed by atoms with Crippen LogP contribution in [-0.2, 0) is 0 Å². The minimum Gasteiger partial charge on any atom is -0.508 e. The van der Waals surface area contributed by atoms with Crippen molar-refractivity contribution in [2.75, 3.05) is 0 Å². The van der Waals surface area contributed by atoms with E-state index in [2.05, 4.69) is 6.58 Å². The normalized spacial score (nSPS) is 12.5. The van der Waals surface area contributed by atoms with Crippen molar-refractivity contribution in [3.8, 4) is 5.75 Å². The van der Waals surface area contributed by atoms with Crippen molar-refractivity contribution >= 4 is 0 Å². The van der Waals surface area contributed by atoms with Gasteiger partial charge in [-0.25, -0.2) is 0 Å². The molecule has 1 atom stereocenters. The van der Waals surface area contributed by atoms with E-state index in [9.17, 15) is 5.11 Å². The minimum absolute atomic E-state index is 0.228. The van der Waals surface area contributed by atoms with E-state index in [1.807, 2.05) is 32.0 Å². The van der Waals surface area contributed by atoms with Gasteiger partial charge in [-0.2, -0.15) is 0 Å². The first-order valence-corrected chi connectivity index (χ1v) is 4.06. The minimum atomic E-state index is 0.228. The zero-order valence-corrected chi connectivity index (χ0v) is 7.54. The van der Waals surface area contributed by atoms with E-state index in [4.69, 9.17) is 0 Å². The largest absolute Gasteiger partial charge is 0.508 e. The van der Waals surface area contributed by atoms with Crippen molar-refractivity contribution in [1.82, 2.24) is 0 Å². The van der Waals surface area contributed by atoms with Gasteiger partial charge in [0.15, 0.2) is 0 Å². The molecule has 0 bridgehead atoms. The van der Waals surface area contributed by atoms with Gasteiger partial charge < -0.3 is 5.11 Å². The van der Waals surface area contributed by atoms with Gasteiger partial charge >= 0.3 is 0 Å². The Morgan fingerprint density at radius 1 is 1.42 bits per heavy atom. The molecule has 64 valence electrons. The van der Waals surface area contributed by atoms with E-state index in [1.165, 1.54) is 0 Å². The molecule has 1 N–H and O–H groups in total. The van der Waals surface area contributed by atoms with Crippen molar-refractivity contribution in [1.29, 1.82) is 0 Å². The van der Waals surface area contributed by atoms with Crippen molar-refractivity contribution in [2.45, 2.75) is 19.8 Å². The van der Waals surface area contributed by atoms with E-state index >= 15 is 0 Å². The van der Waals surface area contributed by atoms with Crippen molar-refractivity contribution in [3.63, 3.8) is 0 Å². The maximum Gasteiger partial charge on any atom is 0.119 e. The van der Waals surface area contributed by atoms with Crippen LogP contribution in [0.1, 0.15) is 25.3 Å². The van der Waals surface area contributed by atoms with Gasteiger partial charge in [-0.15, -0.1) is 0 Å². The fourth-order valence-electron chi connectivity index (χ4n) is 1.12. The van der Waals surface area contributed by atoms with Crippen molar-refractivity contribution in [2.24, 2.45) is 0 Å². The van der Waals surface area contributed by atoms with E-state index < -0.39 is 0 Å². The van der Waals surface area contributed by atoms with Gasteiger partial charge in [-0.3, -0.25) is 0 Å².